The van der Waals surface area contributed by atoms with E-state index in [0.717, 1.165) is 0 Å². The van der Waals surface area contributed by atoms with Gasteiger partial charge in [-0.25, -0.2) is 4.98 Å². The van der Waals surface area contributed by atoms with E-state index in [0.29, 0.717) is 24.5 Å². The molecule has 2 N–H and O–H groups in total. The maximum atomic E-state index is 11.8. The highest BCUT2D eigenvalue weighted by molar-refractivity contribution is 5.92. The maximum absolute atomic E-state index is 11.8. The second kappa shape index (κ2) is 6.96. The Morgan fingerprint density at radius 2 is 2.17 bits per heavy atom. The summed E-state index contributed by atoms with van der Waals surface area (Å²) < 4.78 is 5.42. The van der Waals surface area contributed by atoms with Crippen LogP contribution in [0.1, 0.15) is 37.7 Å². The zero-order valence-electron chi connectivity index (χ0n) is 11.0. The maximum Gasteiger partial charge on any atom is 0.270 e. The molecule has 0 aromatic carbocycles. The number of aliphatic hydroxyl groups is 1. The molecule has 0 saturated carbocycles. The Hall–Kier alpha value is -1.62. The predicted octanol–water partition coefficient (Wildman–Crippen LogP) is 1.37. The quantitative estimate of drug-likeness (QED) is 0.802. The standard InChI is InChI=1S/C13H20N2O3/c1-9(2)18-12-6-4-5-11(15-12)13(17)14-8-7-10(3)16/h4-6,9-10,16H,7-8H2,1-3H3,(H,14,17). The van der Waals surface area contributed by atoms with Gasteiger partial charge in [0.05, 0.1) is 12.2 Å². The first-order chi connectivity index (χ1) is 8.49. The third-order valence-electron chi connectivity index (χ3n) is 2.16. The smallest absolute Gasteiger partial charge is 0.270 e. The fourth-order valence-corrected chi connectivity index (χ4v) is 1.33. The largest absolute Gasteiger partial charge is 0.475 e. The van der Waals surface area contributed by atoms with Crippen LogP contribution in [0.25, 0.3) is 0 Å². The number of amides is 1. The highest BCUT2D eigenvalue weighted by Gasteiger charge is 2.09. The Labute approximate surface area is 107 Å². The van der Waals surface area contributed by atoms with E-state index in [9.17, 15) is 4.79 Å². The third-order valence-corrected chi connectivity index (χ3v) is 2.16. The monoisotopic (exact) mass is 252 g/mol. The second-order valence-electron chi connectivity index (χ2n) is 4.42. The molecule has 1 rings (SSSR count). The molecule has 0 saturated heterocycles. The molecular weight excluding hydrogens is 232 g/mol. The summed E-state index contributed by atoms with van der Waals surface area (Å²) in [6.45, 7) is 5.91. The Balaban J connectivity index is 2.57. The van der Waals surface area contributed by atoms with Gasteiger partial charge in [-0.1, -0.05) is 6.07 Å². The number of carbonyl (C=O) groups excluding carboxylic acids is 1. The van der Waals surface area contributed by atoms with Crippen molar-refractivity contribution in [3.63, 3.8) is 0 Å². The molecule has 1 amide bonds. The minimum absolute atomic E-state index is 0.0195. The van der Waals surface area contributed by atoms with Crippen LogP contribution in [0.2, 0.25) is 0 Å². The molecule has 0 aliphatic carbocycles. The summed E-state index contributed by atoms with van der Waals surface area (Å²) in [4.78, 5) is 15.9. The molecule has 5 heteroatoms. The van der Waals surface area contributed by atoms with E-state index in [4.69, 9.17) is 9.84 Å². The lowest BCUT2D eigenvalue weighted by Gasteiger charge is -2.10. The fourth-order valence-electron chi connectivity index (χ4n) is 1.33. The van der Waals surface area contributed by atoms with Crippen LogP contribution in [-0.2, 0) is 0 Å². The molecule has 5 nitrogen and oxygen atoms in total. The lowest BCUT2D eigenvalue weighted by Crippen LogP contribution is -2.27. The molecule has 1 unspecified atom stereocenters. The molecule has 1 atom stereocenters. The molecule has 1 heterocycles. The van der Waals surface area contributed by atoms with E-state index < -0.39 is 6.10 Å². The first-order valence-corrected chi connectivity index (χ1v) is 6.09. The first kappa shape index (κ1) is 14.4. The molecule has 0 spiro atoms. The number of carbonyl (C=O) groups is 1. The van der Waals surface area contributed by atoms with Gasteiger partial charge < -0.3 is 15.2 Å². The topological polar surface area (TPSA) is 71.5 Å². The fraction of sp³-hybridized carbons (Fsp3) is 0.538. The Morgan fingerprint density at radius 1 is 1.44 bits per heavy atom. The van der Waals surface area contributed by atoms with Gasteiger partial charge in [0, 0.05) is 12.6 Å². The Bertz CT molecular complexity index is 392. The molecule has 1 aromatic heterocycles. The molecule has 0 aliphatic heterocycles. The van der Waals surface area contributed by atoms with E-state index >= 15 is 0 Å². The number of pyridine rings is 1. The van der Waals surface area contributed by atoms with Crippen molar-refractivity contribution >= 4 is 5.91 Å². The van der Waals surface area contributed by atoms with Gasteiger partial charge in [0.2, 0.25) is 5.88 Å². The van der Waals surface area contributed by atoms with Crippen molar-refractivity contribution in [3.8, 4) is 5.88 Å². The number of nitrogens with zero attached hydrogens (tertiary/aromatic N) is 1. The van der Waals surface area contributed by atoms with Crippen molar-refractivity contribution < 1.29 is 14.6 Å². The van der Waals surface area contributed by atoms with Crippen molar-refractivity contribution in [2.75, 3.05) is 6.54 Å². The second-order valence-corrected chi connectivity index (χ2v) is 4.42. The van der Waals surface area contributed by atoms with Crippen LogP contribution in [-0.4, -0.2) is 34.8 Å². The van der Waals surface area contributed by atoms with E-state index in [1.54, 1.807) is 25.1 Å². The number of aliphatic hydroxyl groups excluding tert-OH is 1. The summed E-state index contributed by atoms with van der Waals surface area (Å²) in [5, 5.41) is 11.8. The van der Waals surface area contributed by atoms with Crippen LogP contribution in [0.5, 0.6) is 5.88 Å². The number of hydrogen-bond acceptors (Lipinski definition) is 4. The highest BCUT2D eigenvalue weighted by Crippen LogP contribution is 2.09. The summed E-state index contributed by atoms with van der Waals surface area (Å²) in [6, 6.07) is 5.08. The van der Waals surface area contributed by atoms with E-state index in [2.05, 4.69) is 10.3 Å². The number of ether oxygens (including phenoxy) is 1. The van der Waals surface area contributed by atoms with Crippen LogP contribution < -0.4 is 10.1 Å². The van der Waals surface area contributed by atoms with Gasteiger partial charge in [-0.15, -0.1) is 0 Å². The van der Waals surface area contributed by atoms with Gasteiger partial charge in [-0.05, 0) is 33.3 Å². The molecular formula is C13H20N2O3. The van der Waals surface area contributed by atoms with E-state index in [1.165, 1.54) is 0 Å². The zero-order chi connectivity index (χ0) is 13.5. The van der Waals surface area contributed by atoms with E-state index in [-0.39, 0.29) is 12.0 Å². The minimum Gasteiger partial charge on any atom is -0.475 e. The minimum atomic E-state index is -0.422. The zero-order valence-corrected chi connectivity index (χ0v) is 11.0. The van der Waals surface area contributed by atoms with Gasteiger partial charge in [-0.3, -0.25) is 4.79 Å². The summed E-state index contributed by atoms with van der Waals surface area (Å²) >= 11 is 0. The van der Waals surface area contributed by atoms with Gasteiger partial charge in [0.25, 0.3) is 5.91 Å². The lowest BCUT2D eigenvalue weighted by atomic mass is 10.3. The Kier molecular flexibility index (Phi) is 5.58. The van der Waals surface area contributed by atoms with Crippen LogP contribution >= 0.6 is 0 Å². The van der Waals surface area contributed by atoms with Crippen LogP contribution in [0.4, 0.5) is 0 Å². The van der Waals surface area contributed by atoms with Crippen molar-refractivity contribution in [1.29, 1.82) is 0 Å². The average Bonchev–Trinajstić information content (AvgIpc) is 2.27. The molecule has 0 fully saturated rings. The average molecular weight is 252 g/mol. The summed E-state index contributed by atoms with van der Waals surface area (Å²) in [7, 11) is 0. The molecule has 1 aromatic rings. The van der Waals surface area contributed by atoms with Crippen LogP contribution in [0, 0.1) is 0 Å². The van der Waals surface area contributed by atoms with Crippen LogP contribution in [0.3, 0.4) is 0 Å². The number of hydrogen-bond donors (Lipinski definition) is 2. The van der Waals surface area contributed by atoms with Gasteiger partial charge in [-0.2, -0.15) is 0 Å². The van der Waals surface area contributed by atoms with Gasteiger partial charge in [0.1, 0.15) is 5.69 Å². The first-order valence-electron chi connectivity index (χ1n) is 6.09. The SMILES string of the molecule is CC(O)CCNC(=O)c1cccc(OC(C)C)n1. The van der Waals surface area contributed by atoms with Crippen molar-refractivity contribution in [2.24, 2.45) is 0 Å². The molecule has 0 bridgehead atoms. The number of rotatable bonds is 6. The summed E-state index contributed by atoms with van der Waals surface area (Å²) in [5.41, 5.74) is 0.318. The molecule has 0 aliphatic rings. The molecule has 0 radical (unpaired) electrons. The van der Waals surface area contributed by atoms with Gasteiger partial charge >= 0.3 is 0 Å². The lowest BCUT2D eigenvalue weighted by molar-refractivity contribution is 0.0938. The third kappa shape index (κ3) is 5.14. The Morgan fingerprint density at radius 3 is 2.78 bits per heavy atom. The summed E-state index contributed by atoms with van der Waals surface area (Å²) in [5.74, 6) is 0.179. The highest BCUT2D eigenvalue weighted by atomic mass is 16.5. The van der Waals surface area contributed by atoms with Crippen molar-refractivity contribution in [3.05, 3.63) is 23.9 Å². The summed E-state index contributed by atoms with van der Waals surface area (Å²) in [6.07, 6.45) is 0.119. The number of aromatic nitrogens is 1. The van der Waals surface area contributed by atoms with Crippen molar-refractivity contribution in [1.82, 2.24) is 10.3 Å². The van der Waals surface area contributed by atoms with Crippen molar-refractivity contribution in [2.45, 2.75) is 39.4 Å². The predicted molar refractivity (Wildman–Crippen MR) is 68.6 cm³/mol. The number of nitrogens with one attached hydrogen (secondary N) is 1. The van der Waals surface area contributed by atoms with Crippen LogP contribution in [0.15, 0.2) is 18.2 Å². The molecule has 18 heavy (non-hydrogen) atoms. The molecule has 100 valence electrons. The normalized spacial score (nSPS) is 12.3. The van der Waals surface area contributed by atoms with Gasteiger partial charge in [0.15, 0.2) is 0 Å². The van der Waals surface area contributed by atoms with E-state index in [1.807, 2.05) is 13.8 Å².